The summed E-state index contributed by atoms with van der Waals surface area (Å²) < 4.78 is 0. The summed E-state index contributed by atoms with van der Waals surface area (Å²) in [4.78, 5) is 19.4. The second-order valence-electron chi connectivity index (χ2n) is 5.55. The molecule has 0 aliphatic carbocycles. The van der Waals surface area contributed by atoms with Crippen molar-refractivity contribution >= 4 is 22.7 Å². The predicted octanol–water partition coefficient (Wildman–Crippen LogP) is 3.56. The fourth-order valence-electron chi connectivity index (χ4n) is 2.37. The molecule has 0 saturated carbocycles. The number of hydrogen-bond donors (Lipinski definition) is 2. The molecule has 0 fully saturated rings. The molecule has 0 aliphatic rings. The van der Waals surface area contributed by atoms with Gasteiger partial charge in [-0.2, -0.15) is 0 Å². The number of aromatic nitrogens is 2. The third-order valence-electron chi connectivity index (χ3n) is 3.72. The van der Waals surface area contributed by atoms with E-state index in [1.807, 2.05) is 0 Å². The molecule has 1 aromatic carbocycles. The number of carbonyl (C=O) groups is 1. The highest BCUT2D eigenvalue weighted by molar-refractivity contribution is 5.96. The van der Waals surface area contributed by atoms with E-state index in [1.165, 1.54) is 6.33 Å². The van der Waals surface area contributed by atoms with Crippen molar-refractivity contribution in [1.29, 1.82) is 0 Å². The number of nitrogens with zero attached hydrogens (tertiary/aromatic N) is 2. The summed E-state index contributed by atoms with van der Waals surface area (Å²) in [6, 6.07) is 5.22. The summed E-state index contributed by atoms with van der Waals surface area (Å²) in [7, 11) is 0. The van der Waals surface area contributed by atoms with Gasteiger partial charge < -0.3 is 10.4 Å². The van der Waals surface area contributed by atoms with E-state index in [-0.39, 0.29) is 5.56 Å². The minimum Gasteiger partial charge on any atom is -0.478 e. The summed E-state index contributed by atoms with van der Waals surface area (Å²) in [6.07, 6.45) is 3.68. The van der Waals surface area contributed by atoms with Crippen LogP contribution >= 0.6 is 0 Å². The van der Waals surface area contributed by atoms with E-state index in [4.69, 9.17) is 5.11 Å². The fraction of sp³-hybridized carbons (Fsp3) is 0.438. The van der Waals surface area contributed by atoms with Gasteiger partial charge in [0.05, 0.1) is 11.1 Å². The monoisotopic (exact) mass is 287 g/mol. The van der Waals surface area contributed by atoms with E-state index in [0.717, 1.165) is 24.0 Å². The van der Waals surface area contributed by atoms with Gasteiger partial charge in [-0.1, -0.05) is 20.3 Å². The van der Waals surface area contributed by atoms with E-state index in [2.05, 4.69) is 36.1 Å². The summed E-state index contributed by atoms with van der Waals surface area (Å²) in [6.45, 7) is 6.55. The highest BCUT2D eigenvalue weighted by Gasteiger charge is 2.11. The minimum absolute atomic E-state index is 0.236. The van der Waals surface area contributed by atoms with E-state index >= 15 is 0 Å². The SMILES string of the molecule is CCC(C)CC(C)Nc1ncnc2cc(C(=O)O)ccc12. The number of nitrogens with one attached hydrogen (secondary N) is 1. The normalized spacial score (nSPS) is 13.9. The number of hydrogen-bond acceptors (Lipinski definition) is 4. The number of benzene rings is 1. The van der Waals surface area contributed by atoms with Crippen LogP contribution < -0.4 is 5.32 Å². The molecule has 0 amide bonds. The molecule has 2 unspecified atom stereocenters. The van der Waals surface area contributed by atoms with Gasteiger partial charge in [0.1, 0.15) is 12.1 Å². The minimum atomic E-state index is -0.949. The molecule has 0 aliphatic heterocycles. The molecule has 2 N–H and O–H groups in total. The maximum atomic E-state index is 11.0. The van der Waals surface area contributed by atoms with E-state index < -0.39 is 5.97 Å². The Bertz CT molecular complexity index is 642. The number of rotatable bonds is 6. The zero-order chi connectivity index (χ0) is 15.4. The summed E-state index contributed by atoms with van der Waals surface area (Å²) in [5.74, 6) is 0.460. The van der Waals surface area contributed by atoms with Crippen LogP contribution in [-0.4, -0.2) is 27.1 Å². The van der Waals surface area contributed by atoms with Gasteiger partial charge in [-0.3, -0.25) is 0 Å². The third kappa shape index (κ3) is 3.68. The molecule has 1 aromatic heterocycles. The Labute approximate surface area is 124 Å². The molecule has 0 radical (unpaired) electrons. The van der Waals surface area contributed by atoms with Crippen LogP contribution in [0.2, 0.25) is 0 Å². The van der Waals surface area contributed by atoms with E-state index in [0.29, 0.717) is 17.5 Å². The van der Waals surface area contributed by atoms with Crippen LogP contribution in [0.4, 0.5) is 5.82 Å². The zero-order valence-electron chi connectivity index (χ0n) is 12.6. The van der Waals surface area contributed by atoms with Crippen molar-refractivity contribution in [3.8, 4) is 0 Å². The molecule has 0 saturated heterocycles. The lowest BCUT2D eigenvalue weighted by Crippen LogP contribution is -2.19. The molecule has 0 bridgehead atoms. The van der Waals surface area contributed by atoms with Crippen molar-refractivity contribution < 1.29 is 9.90 Å². The van der Waals surface area contributed by atoms with Gasteiger partial charge in [-0.15, -0.1) is 0 Å². The van der Waals surface area contributed by atoms with Crippen LogP contribution in [0.25, 0.3) is 10.9 Å². The van der Waals surface area contributed by atoms with Gasteiger partial charge in [0, 0.05) is 11.4 Å². The van der Waals surface area contributed by atoms with Crippen molar-refractivity contribution in [2.75, 3.05) is 5.32 Å². The van der Waals surface area contributed by atoms with Gasteiger partial charge in [0.2, 0.25) is 0 Å². The molecule has 21 heavy (non-hydrogen) atoms. The second kappa shape index (κ2) is 6.52. The summed E-state index contributed by atoms with van der Waals surface area (Å²) >= 11 is 0. The quantitative estimate of drug-likeness (QED) is 0.849. The fourth-order valence-corrected chi connectivity index (χ4v) is 2.37. The van der Waals surface area contributed by atoms with Gasteiger partial charge in [-0.05, 0) is 37.5 Å². The van der Waals surface area contributed by atoms with E-state index in [1.54, 1.807) is 18.2 Å². The van der Waals surface area contributed by atoms with Gasteiger partial charge >= 0.3 is 5.97 Å². The highest BCUT2D eigenvalue weighted by Crippen LogP contribution is 2.22. The lowest BCUT2D eigenvalue weighted by atomic mass is 10.0. The Morgan fingerprint density at radius 2 is 2.10 bits per heavy atom. The second-order valence-corrected chi connectivity index (χ2v) is 5.55. The zero-order valence-corrected chi connectivity index (χ0v) is 12.6. The van der Waals surface area contributed by atoms with Crippen LogP contribution in [0, 0.1) is 5.92 Å². The Kier molecular flexibility index (Phi) is 4.73. The first kappa shape index (κ1) is 15.2. The first-order chi connectivity index (χ1) is 10.0. The summed E-state index contributed by atoms with van der Waals surface area (Å²) in [5, 5.41) is 13.3. The number of carboxylic acid groups (broad SMARTS) is 1. The highest BCUT2D eigenvalue weighted by atomic mass is 16.4. The van der Waals surface area contributed by atoms with Gasteiger partial charge in [-0.25, -0.2) is 14.8 Å². The first-order valence-electron chi connectivity index (χ1n) is 7.25. The largest absolute Gasteiger partial charge is 0.478 e. The smallest absolute Gasteiger partial charge is 0.335 e. The average Bonchev–Trinajstić information content (AvgIpc) is 2.46. The molecular formula is C16H21N3O2. The average molecular weight is 287 g/mol. The number of fused-ring (bicyclic) bond motifs is 1. The van der Waals surface area contributed by atoms with Crippen LogP contribution in [0.3, 0.4) is 0 Å². The maximum Gasteiger partial charge on any atom is 0.335 e. The van der Waals surface area contributed by atoms with Crippen LogP contribution in [0.5, 0.6) is 0 Å². The molecule has 2 atom stereocenters. The summed E-state index contributed by atoms with van der Waals surface area (Å²) in [5.41, 5.74) is 0.878. The van der Waals surface area contributed by atoms with Crippen molar-refractivity contribution in [3.05, 3.63) is 30.1 Å². The van der Waals surface area contributed by atoms with Crippen LogP contribution in [0.15, 0.2) is 24.5 Å². The third-order valence-corrected chi connectivity index (χ3v) is 3.72. The van der Waals surface area contributed by atoms with Crippen molar-refractivity contribution in [2.24, 2.45) is 5.92 Å². The molecule has 5 nitrogen and oxygen atoms in total. The Morgan fingerprint density at radius 3 is 2.76 bits per heavy atom. The molecule has 0 spiro atoms. The molecular weight excluding hydrogens is 266 g/mol. The number of carboxylic acids is 1. The predicted molar refractivity (Wildman–Crippen MR) is 83.7 cm³/mol. The Balaban J connectivity index is 2.26. The van der Waals surface area contributed by atoms with Crippen molar-refractivity contribution in [2.45, 2.75) is 39.7 Å². The number of anilines is 1. The molecule has 112 valence electrons. The topological polar surface area (TPSA) is 75.1 Å². The number of aromatic carboxylic acids is 1. The van der Waals surface area contributed by atoms with Gasteiger partial charge in [0.25, 0.3) is 0 Å². The van der Waals surface area contributed by atoms with Crippen molar-refractivity contribution in [1.82, 2.24) is 9.97 Å². The lowest BCUT2D eigenvalue weighted by molar-refractivity contribution is 0.0697. The van der Waals surface area contributed by atoms with Crippen LogP contribution in [0.1, 0.15) is 44.0 Å². The van der Waals surface area contributed by atoms with Gasteiger partial charge in [0.15, 0.2) is 0 Å². The van der Waals surface area contributed by atoms with Crippen molar-refractivity contribution in [3.63, 3.8) is 0 Å². The molecule has 1 heterocycles. The maximum absolute atomic E-state index is 11.0. The molecule has 2 aromatic rings. The van der Waals surface area contributed by atoms with Crippen LogP contribution in [-0.2, 0) is 0 Å². The molecule has 5 heteroatoms. The molecule has 2 rings (SSSR count). The first-order valence-corrected chi connectivity index (χ1v) is 7.25. The lowest BCUT2D eigenvalue weighted by Gasteiger charge is -2.18. The van der Waals surface area contributed by atoms with E-state index in [9.17, 15) is 4.79 Å². The Morgan fingerprint density at radius 1 is 1.33 bits per heavy atom. The standard InChI is InChI=1S/C16H21N3O2/c1-4-10(2)7-11(3)19-15-13-6-5-12(16(20)21)8-14(13)17-9-18-15/h5-6,8-11H,4,7H2,1-3H3,(H,20,21)(H,17,18,19). The Hall–Kier alpha value is -2.17.